The molecule has 0 atom stereocenters. The number of phenols is 3. The Morgan fingerprint density at radius 2 is 1.04 bits per heavy atom. The van der Waals surface area contributed by atoms with E-state index in [4.69, 9.17) is 29.5 Å². The first-order valence-electron chi connectivity index (χ1n) is 29.5. The van der Waals surface area contributed by atoms with Crippen molar-refractivity contribution in [2.24, 2.45) is 0 Å². The number of hydrogen-bond acceptors (Lipinski definition) is 14. The summed E-state index contributed by atoms with van der Waals surface area (Å²) in [6.07, 6.45) is 7.24. The maximum Gasteiger partial charge on any atom is 0.233 e. The molecule has 0 unspecified atom stereocenters. The number of aldehydes is 1. The number of rotatable bonds is 13. The molecule has 1 aliphatic rings. The average Bonchev–Trinajstić information content (AvgIpc) is 1.63. The van der Waals surface area contributed by atoms with Gasteiger partial charge in [-0.15, -0.1) is 0 Å². The van der Waals surface area contributed by atoms with Gasteiger partial charge in [-0.1, -0.05) is 108 Å². The number of fused-ring (bicyclic) bond motifs is 2. The van der Waals surface area contributed by atoms with E-state index in [-0.39, 0.29) is 28.8 Å². The van der Waals surface area contributed by atoms with Crippen LogP contribution in [0.15, 0.2) is 200 Å². The van der Waals surface area contributed by atoms with Gasteiger partial charge < -0.3 is 34.5 Å². The summed E-state index contributed by atoms with van der Waals surface area (Å²) in [7, 11) is 0. The lowest BCUT2D eigenvalue weighted by Gasteiger charge is -2.18. The fraction of sp³-hybridized carbons (Fsp3) is 0.162. The Bertz CT molecular complexity index is 4420. The number of phenolic OH excluding ortho intramolecular Hbond substituents is 3. The second kappa shape index (κ2) is 28.5. The smallest absolute Gasteiger partial charge is 0.233 e. The molecule has 0 aliphatic carbocycles. The van der Waals surface area contributed by atoms with Crippen molar-refractivity contribution >= 4 is 17.6 Å². The van der Waals surface area contributed by atoms with Crippen molar-refractivity contribution in [1.82, 2.24) is 38.9 Å². The Kier molecular flexibility index (Phi) is 19.6. The number of benzene rings is 5. The Balaban J connectivity index is 0.000000139. The molecular weight excluding hydrogens is 1130 g/mol. The highest BCUT2D eigenvalue weighted by Crippen LogP contribution is 2.40. The molecule has 4 N–H and O–H groups in total. The molecule has 0 radical (unpaired) electrons. The van der Waals surface area contributed by atoms with Crippen LogP contribution in [0, 0.1) is 41.5 Å². The van der Waals surface area contributed by atoms with E-state index in [1.54, 1.807) is 66.9 Å². The van der Waals surface area contributed by atoms with Crippen molar-refractivity contribution in [2.75, 3.05) is 0 Å². The fourth-order valence-electron chi connectivity index (χ4n) is 10.2. The van der Waals surface area contributed by atoms with Crippen molar-refractivity contribution in [3.63, 3.8) is 0 Å². The summed E-state index contributed by atoms with van der Waals surface area (Å²) in [5.41, 5.74) is 14.7. The molecule has 8 heterocycles. The molecule has 13 rings (SSSR count). The number of carbonyl (C=O) groups is 2. The zero-order chi connectivity index (χ0) is 63.3. The molecular formula is C74H68N8O8. The molecule has 0 saturated carbocycles. The molecule has 1 aliphatic heterocycles. The predicted molar refractivity (Wildman–Crippen MR) is 348 cm³/mol. The number of aromatic hydroxyl groups is 4. The summed E-state index contributed by atoms with van der Waals surface area (Å²) in [6.45, 7) is 13.2. The number of carbonyl (C=O) groups excluding carboxylic acids is 2. The van der Waals surface area contributed by atoms with Gasteiger partial charge in [0, 0.05) is 41.7 Å². The van der Waals surface area contributed by atoms with Crippen molar-refractivity contribution in [2.45, 2.75) is 80.6 Å². The minimum absolute atomic E-state index is 0.0422. The number of aryl methyl sites for hydroxylation is 6. The monoisotopic (exact) mass is 1200 g/mol. The average molecular weight is 1200 g/mol. The predicted octanol–water partition coefficient (Wildman–Crippen LogP) is 15.0. The maximum absolute atomic E-state index is 12.6. The van der Waals surface area contributed by atoms with Gasteiger partial charge in [-0.3, -0.25) is 19.0 Å². The normalized spacial score (nSPS) is 11.4. The third-order valence-corrected chi connectivity index (χ3v) is 14.8. The molecule has 5 aromatic carbocycles. The lowest BCUT2D eigenvalue weighted by Crippen LogP contribution is -2.11. The van der Waals surface area contributed by atoms with Gasteiger partial charge in [0.2, 0.25) is 5.78 Å². The van der Waals surface area contributed by atoms with Crippen molar-refractivity contribution in [3.8, 4) is 80.0 Å². The molecule has 0 fully saturated rings. The standard InChI is InChI=1S/C27H23N3O2.C20H21N3O2.C19H16N2O2.C8H8O2/c1-18-11-13-23(31)21(16-18)27-29-25(22-10-6-7-15-30(22)27)26-24(14-12-19(2)28-26)32-17-20-8-4-3-5-9-20;1-12-6-8-16(24)14(11-12)20-22-18(15-5-3-4-10-23(15)20)19-17(25)9-7-13(2)21-19;1-14-10-11-17(23-13-15-7-3-2-4-8-15)18(21-14)19(22)16-9-5-6-12-20-16;1-6-2-3-8(10)7(4-6)5-9/h3-16,31H,17H2,1-2H3;6-9,11,24-25H,3-5,10H2,1-2H3;2-12H,13H2,1H3;2-5,10H,1H3. The summed E-state index contributed by atoms with van der Waals surface area (Å²) in [6, 6.07) is 57.9. The van der Waals surface area contributed by atoms with Gasteiger partial charge in [0.05, 0.1) is 22.2 Å². The van der Waals surface area contributed by atoms with Gasteiger partial charge in [0.25, 0.3) is 0 Å². The minimum atomic E-state index is -0.239. The quantitative estimate of drug-likeness (QED) is 0.0623. The van der Waals surface area contributed by atoms with E-state index in [0.29, 0.717) is 76.4 Å². The van der Waals surface area contributed by atoms with Crippen LogP contribution in [0.1, 0.15) is 90.0 Å². The van der Waals surface area contributed by atoms with Gasteiger partial charge in [0.15, 0.2) is 12.0 Å². The van der Waals surface area contributed by atoms with E-state index in [0.717, 1.165) is 99.0 Å². The van der Waals surface area contributed by atoms with E-state index in [1.165, 1.54) is 6.07 Å². The third kappa shape index (κ3) is 14.8. The summed E-state index contributed by atoms with van der Waals surface area (Å²) >= 11 is 0. The Morgan fingerprint density at radius 1 is 0.500 bits per heavy atom. The first kappa shape index (κ1) is 61.8. The highest BCUT2D eigenvalue weighted by molar-refractivity contribution is 6.08. The number of ketones is 1. The lowest BCUT2D eigenvalue weighted by atomic mass is 10.1. The number of pyridine rings is 5. The molecule has 16 heteroatoms. The zero-order valence-corrected chi connectivity index (χ0v) is 50.9. The molecule has 90 heavy (non-hydrogen) atoms. The van der Waals surface area contributed by atoms with Crippen LogP contribution in [0.3, 0.4) is 0 Å². The van der Waals surface area contributed by atoms with E-state index in [1.807, 2.05) is 173 Å². The van der Waals surface area contributed by atoms with Crippen LogP contribution in [-0.4, -0.2) is 71.4 Å². The second-order valence-corrected chi connectivity index (χ2v) is 21.8. The first-order valence-corrected chi connectivity index (χ1v) is 29.5. The number of hydrogen-bond donors (Lipinski definition) is 4. The number of aromatic nitrogens is 8. The molecule has 16 nitrogen and oxygen atoms in total. The van der Waals surface area contributed by atoms with E-state index in [2.05, 4.69) is 19.5 Å². The van der Waals surface area contributed by atoms with Crippen molar-refractivity contribution in [1.29, 1.82) is 0 Å². The molecule has 0 saturated heterocycles. The third-order valence-electron chi connectivity index (χ3n) is 14.8. The van der Waals surface area contributed by atoms with Crippen molar-refractivity contribution < 1.29 is 39.5 Å². The number of ether oxygens (including phenoxy) is 2. The highest BCUT2D eigenvalue weighted by Gasteiger charge is 2.26. The van der Waals surface area contributed by atoms with Crippen LogP contribution >= 0.6 is 0 Å². The summed E-state index contributed by atoms with van der Waals surface area (Å²) in [4.78, 5) is 50.4. The molecule has 452 valence electrons. The summed E-state index contributed by atoms with van der Waals surface area (Å²) in [5, 5.41) is 40.2. The molecule has 0 bridgehead atoms. The van der Waals surface area contributed by atoms with Gasteiger partial charge >= 0.3 is 0 Å². The largest absolute Gasteiger partial charge is 0.507 e. The number of imidazole rings is 2. The SMILES string of the molecule is Cc1ccc(O)c(-c2nc(-c3nc(C)ccc3O)c3n2CCCC3)c1.Cc1ccc(O)c(-c2nc(-c3nc(C)ccc3OCc3ccccc3)c3ccccn23)c1.Cc1ccc(O)c(C=O)c1.Cc1ccc(OCc2ccccc2)c(C(=O)c2ccccn2)n1. The van der Waals surface area contributed by atoms with Crippen LogP contribution in [0.25, 0.3) is 51.1 Å². The van der Waals surface area contributed by atoms with Crippen LogP contribution in [0.5, 0.6) is 34.5 Å². The van der Waals surface area contributed by atoms with Crippen LogP contribution in [-0.2, 0) is 26.2 Å². The van der Waals surface area contributed by atoms with Crippen LogP contribution < -0.4 is 9.47 Å². The summed E-state index contributed by atoms with van der Waals surface area (Å²) < 4.78 is 16.1. The Hall–Kier alpha value is -11.3. The molecule has 12 aromatic rings. The maximum atomic E-state index is 12.6. The second-order valence-electron chi connectivity index (χ2n) is 21.8. The van der Waals surface area contributed by atoms with E-state index in [9.17, 15) is 24.9 Å². The van der Waals surface area contributed by atoms with Crippen LogP contribution in [0.4, 0.5) is 0 Å². The van der Waals surface area contributed by atoms with Crippen LogP contribution in [0.2, 0.25) is 0 Å². The Morgan fingerprint density at radius 3 is 1.68 bits per heavy atom. The Labute approximate surface area is 522 Å². The van der Waals surface area contributed by atoms with E-state index >= 15 is 0 Å². The number of nitrogens with zero attached hydrogens (tertiary/aromatic N) is 8. The van der Waals surface area contributed by atoms with Crippen molar-refractivity contribution in [3.05, 3.63) is 268 Å². The molecule has 0 amide bonds. The lowest BCUT2D eigenvalue weighted by molar-refractivity contribution is 0.102. The summed E-state index contributed by atoms with van der Waals surface area (Å²) in [5.74, 6) is 2.89. The zero-order valence-electron chi connectivity index (χ0n) is 50.9. The fourth-order valence-corrected chi connectivity index (χ4v) is 10.2. The topological polar surface area (TPSA) is 220 Å². The van der Waals surface area contributed by atoms with Gasteiger partial charge in [0.1, 0.15) is 87.8 Å². The first-order chi connectivity index (χ1) is 43.6. The van der Waals surface area contributed by atoms with Gasteiger partial charge in [-0.25, -0.2) is 24.9 Å². The van der Waals surface area contributed by atoms with Gasteiger partial charge in [-0.2, -0.15) is 0 Å². The molecule has 7 aromatic heterocycles. The van der Waals surface area contributed by atoms with E-state index < -0.39 is 0 Å². The highest BCUT2D eigenvalue weighted by atomic mass is 16.5. The minimum Gasteiger partial charge on any atom is -0.507 e. The molecule has 0 spiro atoms. The van der Waals surface area contributed by atoms with Gasteiger partial charge in [-0.05, 0) is 169 Å².